The van der Waals surface area contributed by atoms with Crippen molar-refractivity contribution in [1.29, 1.82) is 0 Å². The average Bonchev–Trinajstić information content (AvgIpc) is 2.77. The van der Waals surface area contributed by atoms with Crippen molar-refractivity contribution >= 4 is 11.8 Å². The van der Waals surface area contributed by atoms with Crippen molar-refractivity contribution in [3.63, 3.8) is 0 Å². The highest BCUT2D eigenvalue weighted by molar-refractivity contribution is 5.82. The standard InChI is InChI=1S/C28H48O3/c1-3-5-7-9-11-13-14-15-16-17-19-21-23-27(29)24-25-28(30)31-26-22-20-18-12-10-8-6-4-2/h9,11,13-16H,3-8,10,12,17-26H2,1-2H3. The topological polar surface area (TPSA) is 43.4 Å². The molecule has 0 rings (SSSR count). The number of unbranched alkanes of at least 4 members (excludes halogenated alkanes) is 11. The molecule has 0 N–H and O–H groups in total. The minimum atomic E-state index is -0.227. The van der Waals surface area contributed by atoms with Crippen LogP contribution in [0.3, 0.4) is 0 Å². The predicted octanol–water partition coefficient (Wildman–Crippen LogP) is 8.44. The van der Waals surface area contributed by atoms with Gasteiger partial charge in [-0.25, -0.2) is 0 Å². The van der Waals surface area contributed by atoms with E-state index in [0.717, 1.165) is 38.5 Å². The first-order valence-corrected chi connectivity index (χ1v) is 12.9. The van der Waals surface area contributed by atoms with Gasteiger partial charge in [0.05, 0.1) is 13.0 Å². The Morgan fingerprint density at radius 2 is 1.16 bits per heavy atom. The van der Waals surface area contributed by atoms with Crippen LogP contribution in [0.4, 0.5) is 0 Å². The molecule has 0 radical (unpaired) electrons. The Bertz CT molecular complexity index is 502. The van der Waals surface area contributed by atoms with Crippen molar-refractivity contribution in [2.45, 2.75) is 123 Å². The zero-order valence-corrected chi connectivity index (χ0v) is 20.4. The molecular formula is C28H48O3. The van der Waals surface area contributed by atoms with Crippen LogP contribution >= 0.6 is 0 Å². The van der Waals surface area contributed by atoms with E-state index in [4.69, 9.17) is 4.74 Å². The molecule has 0 saturated carbocycles. The Morgan fingerprint density at radius 1 is 0.581 bits per heavy atom. The third-order valence-electron chi connectivity index (χ3n) is 5.28. The van der Waals surface area contributed by atoms with E-state index in [2.05, 4.69) is 44.2 Å². The fraction of sp³-hybridized carbons (Fsp3) is 0.714. The van der Waals surface area contributed by atoms with Gasteiger partial charge in [-0.3, -0.25) is 9.59 Å². The number of hydrogen-bond donors (Lipinski definition) is 0. The number of esters is 1. The summed E-state index contributed by atoms with van der Waals surface area (Å²) in [7, 11) is 0. The monoisotopic (exact) mass is 432 g/mol. The molecule has 0 aliphatic heterocycles. The molecule has 0 spiro atoms. The molecule has 0 aliphatic rings. The minimum absolute atomic E-state index is 0.171. The lowest BCUT2D eigenvalue weighted by Gasteiger charge is -2.05. The Hall–Kier alpha value is -1.64. The summed E-state index contributed by atoms with van der Waals surface area (Å²) in [4.78, 5) is 23.6. The summed E-state index contributed by atoms with van der Waals surface area (Å²) in [5, 5.41) is 0. The zero-order valence-electron chi connectivity index (χ0n) is 20.4. The maximum atomic E-state index is 11.9. The molecule has 0 aromatic carbocycles. The Balaban J connectivity index is 3.48. The summed E-state index contributed by atoms with van der Waals surface area (Å²) < 4.78 is 5.24. The average molecular weight is 433 g/mol. The highest BCUT2D eigenvalue weighted by Gasteiger charge is 2.07. The summed E-state index contributed by atoms with van der Waals surface area (Å²) in [6.45, 7) is 4.93. The van der Waals surface area contributed by atoms with Crippen LogP contribution in [0.2, 0.25) is 0 Å². The second-order valence-corrected chi connectivity index (χ2v) is 8.36. The molecular weight excluding hydrogens is 384 g/mol. The van der Waals surface area contributed by atoms with Crippen LogP contribution in [0.25, 0.3) is 0 Å². The van der Waals surface area contributed by atoms with Crippen LogP contribution in [0.15, 0.2) is 36.5 Å². The quantitative estimate of drug-likeness (QED) is 0.0979. The van der Waals surface area contributed by atoms with E-state index in [0.29, 0.717) is 19.4 Å². The Morgan fingerprint density at radius 3 is 1.81 bits per heavy atom. The van der Waals surface area contributed by atoms with E-state index < -0.39 is 0 Å². The van der Waals surface area contributed by atoms with E-state index in [1.807, 2.05) is 6.08 Å². The molecule has 0 aliphatic carbocycles. The number of ether oxygens (including phenoxy) is 1. The van der Waals surface area contributed by atoms with Crippen LogP contribution in [0, 0.1) is 0 Å². The predicted molar refractivity (Wildman–Crippen MR) is 133 cm³/mol. The third kappa shape index (κ3) is 24.5. The minimum Gasteiger partial charge on any atom is -0.466 e. The van der Waals surface area contributed by atoms with Gasteiger partial charge in [0.1, 0.15) is 5.78 Å². The van der Waals surface area contributed by atoms with E-state index in [-0.39, 0.29) is 18.2 Å². The molecule has 0 aromatic rings. The summed E-state index contributed by atoms with van der Waals surface area (Å²) >= 11 is 0. The van der Waals surface area contributed by atoms with Crippen molar-refractivity contribution in [2.75, 3.05) is 6.61 Å². The van der Waals surface area contributed by atoms with Gasteiger partial charge in [-0.05, 0) is 32.1 Å². The van der Waals surface area contributed by atoms with Gasteiger partial charge in [0.2, 0.25) is 0 Å². The molecule has 0 atom stereocenters. The maximum absolute atomic E-state index is 11.9. The number of allylic oxidation sites excluding steroid dienone is 6. The lowest BCUT2D eigenvalue weighted by atomic mass is 10.1. The van der Waals surface area contributed by atoms with Crippen molar-refractivity contribution in [2.24, 2.45) is 0 Å². The molecule has 178 valence electrons. The van der Waals surface area contributed by atoms with Crippen LogP contribution in [-0.2, 0) is 14.3 Å². The zero-order chi connectivity index (χ0) is 22.8. The van der Waals surface area contributed by atoms with Gasteiger partial charge in [0.25, 0.3) is 0 Å². The molecule has 31 heavy (non-hydrogen) atoms. The van der Waals surface area contributed by atoms with Crippen molar-refractivity contribution < 1.29 is 14.3 Å². The van der Waals surface area contributed by atoms with E-state index in [1.54, 1.807) is 0 Å². The first kappa shape index (κ1) is 29.4. The summed E-state index contributed by atoms with van der Waals surface area (Å²) in [5.74, 6) is -0.0557. The molecule has 0 saturated heterocycles. The number of carbonyl (C=O) groups is 2. The van der Waals surface area contributed by atoms with Gasteiger partial charge < -0.3 is 4.74 Å². The summed E-state index contributed by atoms with van der Waals surface area (Å²) in [5.41, 5.74) is 0. The second kappa shape index (κ2) is 24.6. The number of Topliss-reactive ketones (excluding diaryl/α,β-unsaturated/α-hetero) is 1. The molecule has 3 heteroatoms. The normalized spacial score (nSPS) is 11.8. The number of rotatable bonds is 22. The molecule has 3 nitrogen and oxygen atoms in total. The van der Waals surface area contributed by atoms with E-state index in [1.165, 1.54) is 51.4 Å². The van der Waals surface area contributed by atoms with E-state index in [9.17, 15) is 9.59 Å². The van der Waals surface area contributed by atoms with Crippen molar-refractivity contribution in [3.05, 3.63) is 36.5 Å². The fourth-order valence-corrected chi connectivity index (χ4v) is 3.24. The van der Waals surface area contributed by atoms with Crippen LogP contribution in [0.1, 0.15) is 123 Å². The Kier molecular flexibility index (Phi) is 23.3. The van der Waals surface area contributed by atoms with Gasteiger partial charge in [0, 0.05) is 12.8 Å². The van der Waals surface area contributed by atoms with Gasteiger partial charge in [-0.15, -0.1) is 0 Å². The first-order valence-electron chi connectivity index (χ1n) is 12.9. The van der Waals surface area contributed by atoms with E-state index >= 15 is 0 Å². The van der Waals surface area contributed by atoms with Gasteiger partial charge >= 0.3 is 5.97 Å². The SMILES string of the molecule is CCCCC=CC=CC=CCCCCC(=O)CCC(=O)OCCCCCCCCCC. The maximum Gasteiger partial charge on any atom is 0.306 e. The van der Waals surface area contributed by atoms with Gasteiger partial charge in [0.15, 0.2) is 0 Å². The lowest BCUT2D eigenvalue weighted by Crippen LogP contribution is -2.09. The molecule has 0 amide bonds. The smallest absolute Gasteiger partial charge is 0.306 e. The number of carbonyl (C=O) groups excluding carboxylic acids is 2. The largest absolute Gasteiger partial charge is 0.466 e. The summed E-state index contributed by atoms with van der Waals surface area (Å²) in [6.07, 6.45) is 30.1. The van der Waals surface area contributed by atoms with Crippen LogP contribution in [0.5, 0.6) is 0 Å². The number of hydrogen-bond acceptors (Lipinski definition) is 3. The molecule has 0 bridgehead atoms. The molecule has 0 heterocycles. The van der Waals surface area contributed by atoms with Crippen LogP contribution < -0.4 is 0 Å². The first-order chi connectivity index (χ1) is 15.2. The highest BCUT2D eigenvalue weighted by atomic mass is 16.5. The van der Waals surface area contributed by atoms with Gasteiger partial charge in [-0.1, -0.05) is 108 Å². The van der Waals surface area contributed by atoms with Crippen molar-refractivity contribution in [1.82, 2.24) is 0 Å². The van der Waals surface area contributed by atoms with Crippen LogP contribution in [-0.4, -0.2) is 18.4 Å². The Labute approximate surface area is 192 Å². The second-order valence-electron chi connectivity index (χ2n) is 8.36. The molecule has 0 aromatic heterocycles. The van der Waals surface area contributed by atoms with Crippen molar-refractivity contribution in [3.8, 4) is 0 Å². The number of ketones is 1. The summed E-state index contributed by atoms with van der Waals surface area (Å²) in [6, 6.07) is 0. The third-order valence-corrected chi connectivity index (χ3v) is 5.28. The molecule has 0 unspecified atom stereocenters. The molecule has 0 fully saturated rings. The fourth-order valence-electron chi connectivity index (χ4n) is 3.24. The van der Waals surface area contributed by atoms with Gasteiger partial charge in [-0.2, -0.15) is 0 Å². The highest BCUT2D eigenvalue weighted by Crippen LogP contribution is 2.09. The lowest BCUT2D eigenvalue weighted by molar-refractivity contribution is -0.145.